The van der Waals surface area contributed by atoms with Crippen molar-refractivity contribution in [2.24, 2.45) is 0 Å². The highest BCUT2D eigenvalue weighted by molar-refractivity contribution is 7.16. The Hall–Kier alpha value is -3.06. The molecular formula is C21H21N3O3S. The van der Waals surface area contributed by atoms with Crippen LogP contribution in [0.25, 0.3) is 11.3 Å². The molecule has 3 aromatic rings. The van der Waals surface area contributed by atoms with E-state index in [-0.39, 0.29) is 11.3 Å². The number of aryl methyl sites for hydroxylation is 3. The van der Waals surface area contributed by atoms with E-state index in [9.17, 15) is 14.9 Å². The molecule has 0 aliphatic heterocycles. The Morgan fingerprint density at radius 1 is 1.18 bits per heavy atom. The molecular weight excluding hydrogens is 374 g/mol. The van der Waals surface area contributed by atoms with Gasteiger partial charge in [-0.05, 0) is 43.5 Å². The Labute approximate surface area is 167 Å². The zero-order chi connectivity index (χ0) is 20.3. The third-order valence-corrected chi connectivity index (χ3v) is 5.52. The molecule has 6 nitrogen and oxygen atoms in total. The van der Waals surface area contributed by atoms with Crippen LogP contribution in [-0.2, 0) is 6.42 Å². The molecule has 0 atom stereocenters. The zero-order valence-electron chi connectivity index (χ0n) is 16.0. The molecule has 0 radical (unpaired) electrons. The van der Waals surface area contributed by atoms with Crippen LogP contribution in [0.5, 0.6) is 0 Å². The number of anilines is 1. The van der Waals surface area contributed by atoms with Crippen molar-refractivity contribution in [3.05, 3.63) is 74.1 Å². The van der Waals surface area contributed by atoms with Gasteiger partial charge >= 0.3 is 0 Å². The number of hydrogen-bond donors (Lipinski definition) is 1. The van der Waals surface area contributed by atoms with Gasteiger partial charge in [0, 0.05) is 28.1 Å². The summed E-state index contributed by atoms with van der Waals surface area (Å²) in [6, 6.07) is 11.9. The van der Waals surface area contributed by atoms with Crippen molar-refractivity contribution in [3.8, 4) is 11.3 Å². The second kappa shape index (κ2) is 8.31. The van der Waals surface area contributed by atoms with Gasteiger partial charge < -0.3 is 0 Å². The summed E-state index contributed by atoms with van der Waals surface area (Å²) in [5, 5.41) is 14.2. The van der Waals surface area contributed by atoms with E-state index < -0.39 is 10.8 Å². The standard InChI is InChI=1S/C21H21N3O3S/c1-4-6-18-19(15-10-9-13(2)14(3)11-15)22-21(28-18)23-20(25)16-7-5-8-17(12-16)24(26)27/h5,7-12H,4,6H2,1-3H3,(H,22,23,25). The lowest BCUT2D eigenvalue weighted by atomic mass is 10.0. The molecule has 1 amide bonds. The fraction of sp³-hybridized carbons (Fsp3) is 0.238. The summed E-state index contributed by atoms with van der Waals surface area (Å²) in [7, 11) is 0. The topological polar surface area (TPSA) is 85.1 Å². The summed E-state index contributed by atoms with van der Waals surface area (Å²) in [5.41, 5.74) is 4.43. The average molecular weight is 395 g/mol. The molecule has 144 valence electrons. The number of carbonyl (C=O) groups is 1. The van der Waals surface area contributed by atoms with Crippen LogP contribution in [0.1, 0.15) is 39.7 Å². The van der Waals surface area contributed by atoms with E-state index >= 15 is 0 Å². The number of hydrogen-bond acceptors (Lipinski definition) is 5. The molecule has 3 rings (SSSR count). The van der Waals surface area contributed by atoms with Gasteiger partial charge in [-0.3, -0.25) is 20.2 Å². The Balaban J connectivity index is 1.90. The van der Waals surface area contributed by atoms with Crippen LogP contribution >= 0.6 is 11.3 Å². The SMILES string of the molecule is CCCc1sc(NC(=O)c2cccc([N+](=O)[O-])c2)nc1-c1ccc(C)c(C)c1. The molecule has 0 aliphatic carbocycles. The number of carbonyl (C=O) groups excluding carboxylic acids is 1. The van der Waals surface area contributed by atoms with Crippen LogP contribution in [0, 0.1) is 24.0 Å². The molecule has 1 heterocycles. The first-order valence-corrected chi connectivity index (χ1v) is 9.83. The number of non-ortho nitro benzene ring substituents is 1. The second-order valence-electron chi connectivity index (χ2n) is 6.60. The lowest BCUT2D eigenvalue weighted by Gasteiger charge is -2.05. The number of rotatable bonds is 6. The van der Waals surface area contributed by atoms with Crippen LogP contribution < -0.4 is 5.32 Å². The first-order valence-electron chi connectivity index (χ1n) is 9.02. The molecule has 1 aromatic heterocycles. The highest BCUT2D eigenvalue weighted by atomic mass is 32.1. The van der Waals surface area contributed by atoms with Crippen molar-refractivity contribution >= 4 is 28.1 Å². The minimum atomic E-state index is -0.517. The minimum Gasteiger partial charge on any atom is -0.298 e. The maximum absolute atomic E-state index is 12.5. The van der Waals surface area contributed by atoms with Gasteiger partial charge in [0.05, 0.1) is 10.6 Å². The molecule has 2 aromatic carbocycles. The van der Waals surface area contributed by atoms with Gasteiger partial charge in [-0.1, -0.05) is 31.5 Å². The number of nitro groups is 1. The van der Waals surface area contributed by atoms with Crippen molar-refractivity contribution in [2.75, 3.05) is 5.32 Å². The first kappa shape index (κ1) is 19.7. The number of thiazole rings is 1. The molecule has 0 spiro atoms. The van der Waals surface area contributed by atoms with Crippen LogP contribution in [0.3, 0.4) is 0 Å². The molecule has 0 saturated carbocycles. The third kappa shape index (κ3) is 4.26. The van der Waals surface area contributed by atoms with E-state index in [1.807, 2.05) is 6.07 Å². The van der Waals surface area contributed by atoms with Gasteiger partial charge in [0.25, 0.3) is 11.6 Å². The molecule has 0 bridgehead atoms. The van der Waals surface area contributed by atoms with Crippen LogP contribution in [-0.4, -0.2) is 15.8 Å². The number of aromatic nitrogens is 1. The summed E-state index contributed by atoms with van der Waals surface area (Å²) in [4.78, 5) is 28.7. The Morgan fingerprint density at radius 2 is 1.96 bits per heavy atom. The second-order valence-corrected chi connectivity index (χ2v) is 7.69. The van der Waals surface area contributed by atoms with Crippen LogP contribution in [0.2, 0.25) is 0 Å². The normalized spacial score (nSPS) is 10.7. The van der Waals surface area contributed by atoms with E-state index in [0.29, 0.717) is 5.13 Å². The number of benzene rings is 2. The van der Waals surface area contributed by atoms with Crippen molar-refractivity contribution < 1.29 is 9.72 Å². The maximum Gasteiger partial charge on any atom is 0.270 e. The third-order valence-electron chi connectivity index (χ3n) is 4.49. The summed E-state index contributed by atoms with van der Waals surface area (Å²) in [6.07, 6.45) is 1.84. The highest BCUT2D eigenvalue weighted by Gasteiger charge is 2.17. The Morgan fingerprint density at radius 3 is 2.64 bits per heavy atom. The van der Waals surface area contributed by atoms with E-state index in [1.165, 1.54) is 40.7 Å². The number of nitrogens with one attached hydrogen (secondary N) is 1. The van der Waals surface area contributed by atoms with E-state index in [4.69, 9.17) is 0 Å². The molecule has 1 N–H and O–H groups in total. The van der Waals surface area contributed by atoms with E-state index in [0.717, 1.165) is 29.0 Å². The Kier molecular flexibility index (Phi) is 5.84. The zero-order valence-corrected chi connectivity index (χ0v) is 16.8. The monoisotopic (exact) mass is 395 g/mol. The van der Waals surface area contributed by atoms with Crippen molar-refractivity contribution in [3.63, 3.8) is 0 Å². The van der Waals surface area contributed by atoms with Crippen LogP contribution in [0.15, 0.2) is 42.5 Å². The van der Waals surface area contributed by atoms with Crippen molar-refractivity contribution in [2.45, 2.75) is 33.6 Å². The van der Waals surface area contributed by atoms with Gasteiger partial charge in [-0.2, -0.15) is 0 Å². The Bertz CT molecular complexity index is 1040. The summed E-state index contributed by atoms with van der Waals surface area (Å²) < 4.78 is 0. The number of nitrogens with zero attached hydrogens (tertiary/aromatic N) is 2. The fourth-order valence-electron chi connectivity index (χ4n) is 2.85. The molecule has 0 unspecified atom stereocenters. The quantitative estimate of drug-likeness (QED) is 0.439. The molecule has 0 fully saturated rings. The summed E-state index contributed by atoms with van der Waals surface area (Å²) in [6.45, 7) is 6.23. The summed E-state index contributed by atoms with van der Waals surface area (Å²) in [5.74, 6) is -0.410. The highest BCUT2D eigenvalue weighted by Crippen LogP contribution is 2.33. The molecule has 28 heavy (non-hydrogen) atoms. The van der Waals surface area contributed by atoms with Crippen molar-refractivity contribution in [1.29, 1.82) is 0 Å². The number of nitro benzene ring substituents is 1. The number of amides is 1. The predicted octanol–water partition coefficient (Wildman–Crippen LogP) is 5.54. The first-order chi connectivity index (χ1) is 13.4. The van der Waals surface area contributed by atoms with Gasteiger partial charge in [0.1, 0.15) is 0 Å². The van der Waals surface area contributed by atoms with Gasteiger partial charge in [-0.15, -0.1) is 11.3 Å². The van der Waals surface area contributed by atoms with Crippen LogP contribution in [0.4, 0.5) is 10.8 Å². The molecule has 7 heteroatoms. The maximum atomic E-state index is 12.5. The van der Waals surface area contributed by atoms with Gasteiger partial charge in [0.2, 0.25) is 0 Å². The van der Waals surface area contributed by atoms with E-state index in [1.54, 1.807) is 6.07 Å². The lowest BCUT2D eigenvalue weighted by molar-refractivity contribution is -0.384. The molecule has 0 aliphatic rings. The van der Waals surface area contributed by atoms with Crippen molar-refractivity contribution in [1.82, 2.24) is 4.98 Å². The smallest absolute Gasteiger partial charge is 0.270 e. The lowest BCUT2D eigenvalue weighted by Crippen LogP contribution is -2.11. The molecule has 0 saturated heterocycles. The van der Waals surface area contributed by atoms with E-state index in [2.05, 4.69) is 43.2 Å². The fourth-order valence-corrected chi connectivity index (χ4v) is 3.93. The predicted molar refractivity (Wildman–Crippen MR) is 112 cm³/mol. The minimum absolute atomic E-state index is 0.116. The largest absolute Gasteiger partial charge is 0.298 e. The van der Waals surface area contributed by atoms with Gasteiger partial charge in [0.15, 0.2) is 5.13 Å². The van der Waals surface area contributed by atoms with Gasteiger partial charge in [-0.25, -0.2) is 4.98 Å². The summed E-state index contributed by atoms with van der Waals surface area (Å²) >= 11 is 1.45. The average Bonchev–Trinajstić information content (AvgIpc) is 3.06.